The molecule has 0 aliphatic heterocycles. The summed E-state index contributed by atoms with van der Waals surface area (Å²) in [6, 6.07) is 0. The van der Waals surface area contributed by atoms with Gasteiger partial charge in [0.05, 0.1) is 0 Å². The Balaban J connectivity index is 4.67. The average molecular weight is 381 g/mol. The monoisotopic (exact) mass is 380 g/mol. The summed E-state index contributed by atoms with van der Waals surface area (Å²) < 4.78 is 21.2. The van der Waals surface area contributed by atoms with Gasteiger partial charge in [0.1, 0.15) is 12.7 Å². The summed E-state index contributed by atoms with van der Waals surface area (Å²) >= 11 is 0. The van der Waals surface area contributed by atoms with Crippen LogP contribution in [0.1, 0.15) is 46.0 Å². The van der Waals surface area contributed by atoms with Crippen molar-refractivity contribution in [1.82, 2.24) is 0 Å². The molecule has 0 rings (SSSR count). The molecule has 0 bridgehead atoms. The molecule has 0 unspecified atom stereocenters. The van der Waals surface area contributed by atoms with Crippen molar-refractivity contribution in [2.75, 3.05) is 27.9 Å². The van der Waals surface area contributed by atoms with Gasteiger partial charge in [0.15, 0.2) is 0 Å². The molecule has 0 aromatic carbocycles. The van der Waals surface area contributed by atoms with Crippen LogP contribution in [0.2, 0.25) is 0 Å². The van der Waals surface area contributed by atoms with Crippen molar-refractivity contribution in [2.45, 2.75) is 57.8 Å². The molecular formula is C22H36O5. The van der Waals surface area contributed by atoms with Gasteiger partial charge in [-0.05, 0) is 39.5 Å². The summed E-state index contributed by atoms with van der Waals surface area (Å²) in [5.41, 5.74) is 2.35. The molecule has 5 heteroatoms. The third-order valence-electron chi connectivity index (χ3n) is 4.35. The van der Waals surface area contributed by atoms with Gasteiger partial charge in [-0.3, -0.25) is 0 Å². The molecule has 0 aromatic heterocycles. The Labute approximate surface area is 164 Å². The van der Waals surface area contributed by atoms with E-state index < -0.39 is 11.8 Å². The summed E-state index contributed by atoms with van der Waals surface area (Å²) in [4.78, 5) is 12.5. The first-order valence-electron chi connectivity index (χ1n) is 9.25. The topological polar surface area (TPSA) is 54.0 Å². The van der Waals surface area contributed by atoms with Gasteiger partial charge in [-0.1, -0.05) is 42.0 Å². The SMILES string of the molecule is C=C/C=C(\C)CCCC/C=C(\C)CC(OC)(OC)C(=O)OC[C@H](C=C)OC. The number of esters is 1. The number of carbonyl (C=O) groups excluding carboxylic acids is 1. The van der Waals surface area contributed by atoms with E-state index in [0.29, 0.717) is 6.42 Å². The fourth-order valence-electron chi connectivity index (χ4n) is 2.59. The minimum absolute atomic E-state index is 0.0631. The quantitative estimate of drug-likeness (QED) is 0.135. The summed E-state index contributed by atoms with van der Waals surface area (Å²) in [6.07, 6.45) is 11.7. The number of methoxy groups -OCH3 is 3. The van der Waals surface area contributed by atoms with Gasteiger partial charge in [0, 0.05) is 27.8 Å². The van der Waals surface area contributed by atoms with Crippen molar-refractivity contribution in [2.24, 2.45) is 0 Å². The summed E-state index contributed by atoms with van der Waals surface area (Å²) in [5, 5.41) is 0. The van der Waals surface area contributed by atoms with Crippen molar-refractivity contribution in [1.29, 1.82) is 0 Å². The van der Waals surface area contributed by atoms with Crippen LogP contribution in [0.25, 0.3) is 0 Å². The number of carbonyl (C=O) groups is 1. The standard InChI is InChI=1S/C22H36O5/c1-8-13-18(3)14-11-10-12-15-19(4)16-22(25-6,26-7)21(23)27-17-20(9-2)24-5/h8-9,13,15,20H,1-2,10-12,14,16-17H2,3-7H3/b18-13+,19-15+/t20-/m0/s1. The van der Waals surface area contributed by atoms with Gasteiger partial charge in [0.25, 0.3) is 5.79 Å². The second kappa shape index (κ2) is 14.4. The highest BCUT2D eigenvalue weighted by molar-refractivity contribution is 5.78. The van der Waals surface area contributed by atoms with Crippen molar-refractivity contribution in [3.05, 3.63) is 48.6 Å². The second-order valence-electron chi connectivity index (χ2n) is 6.49. The number of hydrogen-bond donors (Lipinski definition) is 0. The van der Waals surface area contributed by atoms with Gasteiger partial charge in [-0.25, -0.2) is 4.79 Å². The maximum atomic E-state index is 12.5. The molecule has 0 radical (unpaired) electrons. The Hall–Kier alpha value is -1.69. The van der Waals surface area contributed by atoms with Gasteiger partial charge in [0.2, 0.25) is 0 Å². The number of hydrogen-bond acceptors (Lipinski definition) is 5. The molecular weight excluding hydrogens is 344 g/mol. The number of unbranched alkanes of at least 4 members (excludes halogenated alkanes) is 2. The molecule has 0 saturated heterocycles. The molecule has 0 aromatic rings. The van der Waals surface area contributed by atoms with Gasteiger partial charge >= 0.3 is 5.97 Å². The van der Waals surface area contributed by atoms with E-state index in [0.717, 1.165) is 31.3 Å². The molecule has 5 nitrogen and oxygen atoms in total. The van der Waals surface area contributed by atoms with Crippen LogP contribution in [-0.2, 0) is 23.7 Å². The molecule has 0 heterocycles. The second-order valence-corrected chi connectivity index (χ2v) is 6.49. The molecule has 0 aliphatic carbocycles. The smallest absolute Gasteiger partial charge is 0.367 e. The molecule has 0 aliphatic rings. The van der Waals surface area contributed by atoms with Crippen LogP contribution in [0.3, 0.4) is 0 Å². The summed E-state index contributed by atoms with van der Waals surface area (Å²) in [7, 11) is 4.41. The Morgan fingerprint density at radius 3 is 2.26 bits per heavy atom. The van der Waals surface area contributed by atoms with Gasteiger partial charge < -0.3 is 18.9 Å². The number of allylic oxidation sites excluding steroid dienone is 4. The molecule has 0 saturated carbocycles. The first kappa shape index (κ1) is 25.3. The van der Waals surface area contributed by atoms with E-state index in [1.807, 2.05) is 19.1 Å². The fourth-order valence-corrected chi connectivity index (χ4v) is 2.59. The molecule has 154 valence electrons. The number of ether oxygens (including phenoxy) is 4. The lowest BCUT2D eigenvalue weighted by atomic mass is 10.0. The zero-order valence-electron chi connectivity index (χ0n) is 17.6. The highest BCUT2D eigenvalue weighted by Crippen LogP contribution is 2.24. The van der Waals surface area contributed by atoms with Gasteiger partial charge in [-0.15, -0.1) is 6.58 Å². The van der Waals surface area contributed by atoms with E-state index in [1.165, 1.54) is 26.9 Å². The van der Waals surface area contributed by atoms with E-state index >= 15 is 0 Å². The molecule has 0 fully saturated rings. The van der Waals surface area contributed by atoms with E-state index in [9.17, 15) is 4.79 Å². The van der Waals surface area contributed by atoms with Crippen LogP contribution in [0.5, 0.6) is 0 Å². The Kier molecular flexibility index (Phi) is 13.5. The highest BCUT2D eigenvalue weighted by Gasteiger charge is 2.41. The first-order chi connectivity index (χ1) is 12.9. The van der Waals surface area contributed by atoms with Crippen molar-refractivity contribution < 1.29 is 23.7 Å². The normalized spacial score (nSPS) is 14.0. The average Bonchev–Trinajstić information content (AvgIpc) is 2.66. The first-order valence-corrected chi connectivity index (χ1v) is 9.25. The van der Waals surface area contributed by atoms with Gasteiger partial charge in [-0.2, -0.15) is 0 Å². The van der Waals surface area contributed by atoms with Crippen LogP contribution in [-0.4, -0.2) is 45.8 Å². The van der Waals surface area contributed by atoms with E-state index in [-0.39, 0.29) is 12.7 Å². The van der Waals surface area contributed by atoms with Crippen LogP contribution < -0.4 is 0 Å². The third kappa shape index (κ3) is 9.70. The lowest BCUT2D eigenvalue weighted by Crippen LogP contribution is -2.45. The van der Waals surface area contributed by atoms with Crippen molar-refractivity contribution in [3.8, 4) is 0 Å². The van der Waals surface area contributed by atoms with Crippen LogP contribution in [0.15, 0.2) is 48.6 Å². The largest absolute Gasteiger partial charge is 0.459 e. The van der Waals surface area contributed by atoms with Crippen molar-refractivity contribution >= 4 is 5.97 Å². The lowest BCUT2D eigenvalue weighted by molar-refractivity contribution is -0.230. The predicted octanol–water partition coefficient (Wildman–Crippen LogP) is 4.75. The zero-order valence-corrected chi connectivity index (χ0v) is 17.6. The number of rotatable bonds is 15. The van der Waals surface area contributed by atoms with Crippen LogP contribution in [0, 0.1) is 0 Å². The van der Waals surface area contributed by atoms with E-state index in [2.05, 4.69) is 26.2 Å². The van der Waals surface area contributed by atoms with E-state index in [4.69, 9.17) is 18.9 Å². The van der Waals surface area contributed by atoms with Crippen molar-refractivity contribution in [3.63, 3.8) is 0 Å². The minimum Gasteiger partial charge on any atom is -0.459 e. The molecule has 0 amide bonds. The molecule has 1 atom stereocenters. The predicted molar refractivity (Wildman–Crippen MR) is 109 cm³/mol. The Bertz CT molecular complexity index is 515. The zero-order chi connectivity index (χ0) is 20.7. The summed E-state index contributed by atoms with van der Waals surface area (Å²) in [5.74, 6) is -2.03. The minimum atomic E-state index is -1.46. The maximum Gasteiger partial charge on any atom is 0.367 e. The third-order valence-corrected chi connectivity index (χ3v) is 4.35. The maximum absolute atomic E-state index is 12.5. The molecule has 27 heavy (non-hydrogen) atoms. The summed E-state index contributed by atoms with van der Waals surface area (Å²) in [6.45, 7) is 11.5. The molecule has 0 N–H and O–H groups in total. The highest BCUT2D eigenvalue weighted by atomic mass is 16.7. The Morgan fingerprint density at radius 1 is 1.07 bits per heavy atom. The van der Waals surface area contributed by atoms with Crippen LogP contribution in [0.4, 0.5) is 0 Å². The molecule has 0 spiro atoms. The lowest BCUT2D eigenvalue weighted by Gasteiger charge is -2.29. The van der Waals surface area contributed by atoms with Crippen LogP contribution >= 0.6 is 0 Å². The van der Waals surface area contributed by atoms with E-state index in [1.54, 1.807) is 6.08 Å². The Morgan fingerprint density at radius 2 is 1.74 bits per heavy atom. The fraction of sp³-hybridized carbons (Fsp3) is 0.591.